The molecule has 0 radical (unpaired) electrons. The lowest BCUT2D eigenvalue weighted by Crippen LogP contribution is -2.30. The fourth-order valence-electron chi connectivity index (χ4n) is 2.21. The van der Waals surface area contributed by atoms with Crippen molar-refractivity contribution in [2.45, 2.75) is 51.1 Å². The molecule has 1 aromatic heterocycles. The second-order valence-corrected chi connectivity index (χ2v) is 6.92. The van der Waals surface area contributed by atoms with Gasteiger partial charge >= 0.3 is 6.18 Å². The summed E-state index contributed by atoms with van der Waals surface area (Å²) in [5.41, 5.74) is -2.60. The topological polar surface area (TPSA) is 56.5 Å². The highest BCUT2D eigenvalue weighted by Gasteiger charge is 2.38. The van der Waals surface area contributed by atoms with Gasteiger partial charge in [0.25, 0.3) is 5.56 Å². The third kappa shape index (κ3) is 3.88. The van der Waals surface area contributed by atoms with Gasteiger partial charge in [-0.15, -0.1) is 11.8 Å². The smallest absolute Gasteiger partial charge is 0.389 e. The van der Waals surface area contributed by atoms with Crippen molar-refractivity contribution in [3.8, 4) is 0 Å². The Hall–Kier alpha value is -1.51. The predicted molar refractivity (Wildman–Crippen MR) is 82.4 cm³/mol. The second-order valence-electron chi connectivity index (χ2n) is 5.87. The number of thioether (sulfide) groups is 1. The molecule has 0 bridgehead atoms. The molecule has 2 heterocycles. The summed E-state index contributed by atoms with van der Waals surface area (Å²) in [5, 5.41) is 4.42. The molecule has 0 saturated heterocycles. The van der Waals surface area contributed by atoms with E-state index in [2.05, 4.69) is 10.1 Å². The van der Waals surface area contributed by atoms with E-state index in [0.717, 1.165) is 11.8 Å². The number of aryl methyl sites for hydroxylation is 1. The van der Waals surface area contributed by atoms with E-state index in [1.807, 2.05) is 13.8 Å². The molecule has 0 unspecified atom stereocenters. The van der Waals surface area contributed by atoms with Gasteiger partial charge in [-0.05, 0) is 13.8 Å². The molecule has 0 fully saturated rings. The predicted octanol–water partition coefficient (Wildman–Crippen LogP) is 3.11. The first-order chi connectivity index (χ1) is 10.5. The summed E-state index contributed by atoms with van der Waals surface area (Å²) >= 11 is 1.08. The average Bonchev–Trinajstić information content (AvgIpc) is 2.78. The molecule has 0 aromatic carbocycles. The van der Waals surface area contributed by atoms with Gasteiger partial charge in [0.05, 0.1) is 5.56 Å². The molecule has 2 rings (SSSR count). The van der Waals surface area contributed by atoms with Crippen LogP contribution >= 0.6 is 11.8 Å². The van der Waals surface area contributed by atoms with E-state index in [9.17, 15) is 18.0 Å². The molecule has 0 atom stereocenters. The van der Waals surface area contributed by atoms with E-state index < -0.39 is 23.0 Å². The Balaban J connectivity index is 2.34. The van der Waals surface area contributed by atoms with Gasteiger partial charge in [-0.1, -0.05) is 12.1 Å². The zero-order valence-electron chi connectivity index (χ0n) is 13.3. The van der Waals surface area contributed by atoms with Crippen LogP contribution in [0.25, 0.3) is 0 Å². The highest BCUT2D eigenvalue weighted by molar-refractivity contribution is 8.13. The van der Waals surface area contributed by atoms with Crippen molar-refractivity contribution in [3.63, 3.8) is 0 Å². The first-order valence-corrected chi connectivity index (χ1v) is 8.07. The van der Waals surface area contributed by atoms with Crippen LogP contribution in [0.5, 0.6) is 0 Å². The number of oxime groups is 1. The average molecular weight is 349 g/mol. The number of hydrogen-bond acceptors (Lipinski definition) is 5. The second kappa shape index (κ2) is 6.18. The lowest BCUT2D eigenvalue weighted by molar-refractivity contribution is -0.142. The maximum Gasteiger partial charge on any atom is 0.433 e. The molecule has 0 saturated carbocycles. The zero-order chi connectivity index (χ0) is 17.4. The van der Waals surface area contributed by atoms with Crippen LogP contribution in [0.4, 0.5) is 13.2 Å². The van der Waals surface area contributed by atoms with Crippen LogP contribution in [0.3, 0.4) is 0 Å². The SMILES string of the molecule is CCc1nc(C(F)(F)F)c(CSC2=NOC(C)(C)C2)c(=O)n1C. The summed E-state index contributed by atoms with van der Waals surface area (Å²) in [7, 11) is 1.43. The number of aromatic nitrogens is 2. The maximum atomic E-state index is 13.2. The van der Waals surface area contributed by atoms with Crippen molar-refractivity contribution >= 4 is 16.8 Å². The maximum absolute atomic E-state index is 13.2. The van der Waals surface area contributed by atoms with Gasteiger partial charge < -0.3 is 4.84 Å². The molecule has 128 valence electrons. The Morgan fingerprint density at radius 2 is 2.04 bits per heavy atom. The summed E-state index contributed by atoms with van der Waals surface area (Å²) in [6, 6.07) is 0. The Bertz CT molecular complexity index is 696. The van der Waals surface area contributed by atoms with E-state index in [1.54, 1.807) is 6.92 Å². The third-order valence-electron chi connectivity index (χ3n) is 3.42. The molecule has 1 aliphatic rings. The first kappa shape index (κ1) is 17.8. The molecule has 0 amide bonds. The Labute approximate surface area is 135 Å². The van der Waals surface area contributed by atoms with Crippen LogP contribution in [-0.4, -0.2) is 20.2 Å². The zero-order valence-corrected chi connectivity index (χ0v) is 14.1. The molecule has 1 aromatic rings. The lowest BCUT2D eigenvalue weighted by atomic mass is 10.1. The van der Waals surface area contributed by atoms with Crippen molar-refractivity contribution in [2.75, 3.05) is 0 Å². The summed E-state index contributed by atoms with van der Waals surface area (Å²) in [6.45, 7) is 5.33. The summed E-state index contributed by atoms with van der Waals surface area (Å²) in [6.07, 6.45) is -3.92. The van der Waals surface area contributed by atoms with E-state index in [4.69, 9.17) is 4.84 Å². The minimum absolute atomic E-state index is 0.110. The van der Waals surface area contributed by atoms with Crippen molar-refractivity contribution in [3.05, 3.63) is 27.4 Å². The molecule has 0 spiro atoms. The number of hydrogen-bond donors (Lipinski definition) is 0. The van der Waals surface area contributed by atoms with E-state index in [1.165, 1.54) is 11.6 Å². The van der Waals surface area contributed by atoms with Crippen LogP contribution in [0.1, 0.15) is 44.3 Å². The molecule has 1 aliphatic heterocycles. The lowest BCUT2D eigenvalue weighted by Gasteiger charge is -2.15. The molecule has 5 nitrogen and oxygen atoms in total. The van der Waals surface area contributed by atoms with Gasteiger partial charge in [0.2, 0.25) is 0 Å². The quantitative estimate of drug-likeness (QED) is 0.841. The fourth-order valence-corrected chi connectivity index (χ4v) is 3.32. The van der Waals surface area contributed by atoms with Crippen molar-refractivity contribution in [1.29, 1.82) is 0 Å². The summed E-state index contributed by atoms with van der Waals surface area (Å²) < 4.78 is 40.8. The normalized spacial score (nSPS) is 17.1. The van der Waals surface area contributed by atoms with Crippen LogP contribution in [0.15, 0.2) is 9.95 Å². The Kier molecular flexibility index (Phi) is 4.79. The minimum Gasteiger partial charge on any atom is -0.389 e. The monoisotopic (exact) mass is 349 g/mol. The summed E-state index contributed by atoms with van der Waals surface area (Å²) in [5.74, 6) is -0.0321. The van der Waals surface area contributed by atoms with Gasteiger partial charge in [-0.2, -0.15) is 13.2 Å². The Morgan fingerprint density at radius 1 is 1.39 bits per heavy atom. The molecule has 0 aliphatic carbocycles. The largest absolute Gasteiger partial charge is 0.433 e. The molecule has 9 heteroatoms. The highest BCUT2D eigenvalue weighted by Crippen LogP contribution is 2.33. The van der Waals surface area contributed by atoms with Gasteiger partial charge in [-0.3, -0.25) is 9.36 Å². The first-order valence-electron chi connectivity index (χ1n) is 7.09. The van der Waals surface area contributed by atoms with Gasteiger partial charge in [0.15, 0.2) is 5.69 Å². The van der Waals surface area contributed by atoms with Gasteiger partial charge in [0, 0.05) is 25.6 Å². The summed E-state index contributed by atoms with van der Waals surface area (Å²) in [4.78, 5) is 21.1. The van der Waals surface area contributed by atoms with Crippen molar-refractivity contribution < 1.29 is 18.0 Å². The number of rotatable bonds is 3. The minimum atomic E-state index is -4.67. The van der Waals surface area contributed by atoms with E-state index in [-0.39, 0.29) is 23.6 Å². The molecule has 0 N–H and O–H groups in total. The van der Waals surface area contributed by atoms with Crippen LogP contribution in [0.2, 0.25) is 0 Å². The third-order valence-corrected chi connectivity index (χ3v) is 4.40. The fraction of sp³-hybridized carbons (Fsp3) is 0.643. The number of halogens is 3. The number of nitrogens with zero attached hydrogens (tertiary/aromatic N) is 3. The molecular weight excluding hydrogens is 331 g/mol. The molecule has 23 heavy (non-hydrogen) atoms. The van der Waals surface area contributed by atoms with Crippen molar-refractivity contribution in [2.24, 2.45) is 12.2 Å². The van der Waals surface area contributed by atoms with Crippen LogP contribution in [0, 0.1) is 0 Å². The van der Waals surface area contributed by atoms with Crippen LogP contribution in [-0.2, 0) is 30.2 Å². The highest BCUT2D eigenvalue weighted by atomic mass is 32.2. The van der Waals surface area contributed by atoms with Gasteiger partial charge in [0.1, 0.15) is 16.5 Å². The van der Waals surface area contributed by atoms with Crippen LogP contribution < -0.4 is 5.56 Å². The molecular formula is C14H18F3N3O2S. The van der Waals surface area contributed by atoms with Gasteiger partial charge in [-0.25, -0.2) is 4.98 Å². The van der Waals surface area contributed by atoms with E-state index >= 15 is 0 Å². The Morgan fingerprint density at radius 3 is 2.52 bits per heavy atom. The van der Waals surface area contributed by atoms with Crippen molar-refractivity contribution in [1.82, 2.24) is 9.55 Å². The standard InChI is InChI=1S/C14H18F3N3O2S/c1-5-9-18-11(14(15,16)17)8(12(21)20(9)4)7-23-10-6-13(2,3)22-19-10/h5-7H2,1-4H3. The number of alkyl halides is 3. The van der Waals surface area contributed by atoms with E-state index in [0.29, 0.717) is 11.5 Å².